The molecule has 194 valence electrons. The fourth-order valence-electron chi connectivity index (χ4n) is 1.98. The van der Waals surface area contributed by atoms with Gasteiger partial charge in [0, 0.05) is 6.42 Å². The van der Waals surface area contributed by atoms with Gasteiger partial charge in [-0.3, -0.25) is 4.55 Å². The van der Waals surface area contributed by atoms with Crippen molar-refractivity contribution in [2.24, 2.45) is 0 Å². The van der Waals surface area contributed by atoms with Crippen LogP contribution in [0.15, 0.2) is 0 Å². The van der Waals surface area contributed by atoms with Crippen molar-refractivity contribution in [1.82, 2.24) is 0 Å². The molecule has 0 aromatic heterocycles. The summed E-state index contributed by atoms with van der Waals surface area (Å²) in [4.78, 5) is 0. The van der Waals surface area contributed by atoms with Crippen molar-refractivity contribution in [1.29, 1.82) is 0 Å². The largest absolute Gasteiger partial charge is 0.438 e. The van der Waals surface area contributed by atoms with E-state index in [2.05, 4.69) is 0 Å². The van der Waals surface area contributed by atoms with Crippen molar-refractivity contribution in [3.05, 3.63) is 0 Å². The van der Waals surface area contributed by atoms with Gasteiger partial charge < -0.3 is 0 Å². The van der Waals surface area contributed by atoms with Crippen LogP contribution in [0.2, 0.25) is 0 Å². The van der Waals surface area contributed by atoms with Gasteiger partial charge in [-0.25, -0.2) is 4.39 Å². The molecule has 32 heavy (non-hydrogen) atoms. The zero-order chi connectivity index (χ0) is 26.4. The third-order valence-electron chi connectivity index (χ3n) is 3.85. The molecule has 1 unspecified atom stereocenters. The van der Waals surface area contributed by atoms with Crippen molar-refractivity contribution in [3.8, 4) is 0 Å². The molecule has 0 radical (unpaired) electrons. The van der Waals surface area contributed by atoms with Gasteiger partial charge in [-0.1, -0.05) is 0 Å². The third-order valence-corrected chi connectivity index (χ3v) is 4.76. The average Bonchev–Trinajstić information content (AvgIpc) is 2.55. The Kier molecular flexibility index (Phi) is 8.21. The molecule has 0 aliphatic rings. The van der Waals surface area contributed by atoms with Gasteiger partial charge in [0.2, 0.25) is 0 Å². The van der Waals surface area contributed by atoms with Crippen LogP contribution in [0.1, 0.15) is 25.7 Å². The van der Waals surface area contributed by atoms with Crippen LogP contribution in [0.25, 0.3) is 0 Å². The lowest BCUT2D eigenvalue weighted by Gasteiger charge is -2.41. The lowest BCUT2D eigenvalue weighted by molar-refractivity contribution is -0.421. The number of hydrogen-bond donors (Lipinski definition) is 1. The van der Waals surface area contributed by atoms with E-state index in [0.717, 1.165) is 0 Å². The first kappa shape index (κ1) is 30.8. The molecule has 0 fully saturated rings. The molecular formula is C12H10F16O3S. The molecule has 0 bridgehead atoms. The number of hydrogen-bond acceptors (Lipinski definition) is 2. The highest BCUT2D eigenvalue weighted by Gasteiger charge is 2.92. The molecule has 0 aliphatic heterocycles. The van der Waals surface area contributed by atoms with Crippen LogP contribution < -0.4 is 0 Å². The van der Waals surface area contributed by atoms with Crippen LogP contribution in [0.5, 0.6) is 0 Å². The van der Waals surface area contributed by atoms with Gasteiger partial charge in [-0.15, -0.1) is 0 Å². The lowest BCUT2D eigenvalue weighted by atomic mass is 9.90. The SMILES string of the molecule is O=S(=O)(O)C(F)(F)C(F)(F)C(F)(F)C(F)(F)C(F)(F)C(F)(F)C(F)CCCCC(F)(F)F. The standard InChI is InChI=1S/C12H10F16O3S/c13-5(3-1-2-4-6(14,15)16)7(17,18)8(19,20)9(21,22)10(23,24)11(25,26)12(27,28)32(29,30)31/h5H,1-4H2,(H,29,30,31). The Hall–Kier alpha value is -1.21. The van der Waals surface area contributed by atoms with Crippen molar-refractivity contribution < 1.29 is 83.2 Å². The Balaban J connectivity index is 6.09. The van der Waals surface area contributed by atoms with Crippen molar-refractivity contribution in [3.63, 3.8) is 0 Å². The highest BCUT2D eigenvalue weighted by Crippen LogP contribution is 2.61. The van der Waals surface area contributed by atoms with E-state index in [1.807, 2.05) is 0 Å². The average molecular weight is 538 g/mol. The molecule has 0 amide bonds. The highest BCUT2D eigenvalue weighted by molar-refractivity contribution is 7.87. The summed E-state index contributed by atoms with van der Waals surface area (Å²) in [6.07, 6.45) is -16.1. The predicted molar refractivity (Wildman–Crippen MR) is 70.6 cm³/mol. The number of unbranched alkanes of at least 4 members (excludes halogenated alkanes) is 1. The van der Waals surface area contributed by atoms with Gasteiger partial charge in [0.25, 0.3) is 0 Å². The molecule has 20 heteroatoms. The van der Waals surface area contributed by atoms with E-state index >= 15 is 0 Å². The van der Waals surface area contributed by atoms with Crippen LogP contribution in [-0.4, -0.2) is 60.2 Å². The Morgan fingerprint density at radius 2 is 1.00 bits per heavy atom. The van der Waals surface area contributed by atoms with E-state index in [-0.39, 0.29) is 0 Å². The Labute approximate surface area is 167 Å². The molecule has 1 N–H and O–H groups in total. The maximum Gasteiger partial charge on any atom is 0.438 e. The zero-order valence-electron chi connectivity index (χ0n) is 14.6. The molecule has 0 aliphatic carbocycles. The first-order chi connectivity index (χ1) is 13.6. The first-order valence-electron chi connectivity index (χ1n) is 7.57. The molecule has 0 heterocycles. The third kappa shape index (κ3) is 4.98. The molecular weight excluding hydrogens is 528 g/mol. The van der Waals surface area contributed by atoms with E-state index in [0.29, 0.717) is 0 Å². The normalized spacial score (nSPS) is 16.9. The molecule has 0 rings (SSSR count). The summed E-state index contributed by atoms with van der Waals surface area (Å²) in [5, 5.41) is -7.62. The van der Waals surface area contributed by atoms with Crippen molar-refractivity contribution in [2.45, 2.75) is 72.9 Å². The summed E-state index contributed by atoms with van der Waals surface area (Å²) in [6, 6.07) is 0. The summed E-state index contributed by atoms with van der Waals surface area (Å²) >= 11 is 0. The van der Waals surface area contributed by atoms with Gasteiger partial charge in [0.05, 0.1) is 0 Å². The second kappa shape index (κ2) is 8.53. The smallest absolute Gasteiger partial charge is 0.281 e. The second-order valence-corrected chi connectivity index (χ2v) is 7.70. The first-order valence-corrected chi connectivity index (χ1v) is 9.01. The van der Waals surface area contributed by atoms with Gasteiger partial charge in [-0.2, -0.15) is 74.3 Å². The summed E-state index contributed by atoms with van der Waals surface area (Å²) in [5.41, 5.74) is 0. The minimum atomic E-state index is -8.36. The summed E-state index contributed by atoms with van der Waals surface area (Å²) in [7, 11) is -7.72. The van der Waals surface area contributed by atoms with E-state index in [1.54, 1.807) is 0 Å². The van der Waals surface area contributed by atoms with Crippen molar-refractivity contribution in [2.75, 3.05) is 0 Å². The molecule has 1 atom stereocenters. The second-order valence-electron chi connectivity index (χ2n) is 6.24. The summed E-state index contributed by atoms with van der Waals surface area (Å²) < 4.78 is 236. The zero-order valence-corrected chi connectivity index (χ0v) is 15.4. The van der Waals surface area contributed by atoms with Crippen LogP contribution in [0, 0.1) is 0 Å². The maximum absolute atomic E-state index is 13.4. The van der Waals surface area contributed by atoms with Gasteiger partial charge in [0.1, 0.15) is 0 Å². The molecule has 0 spiro atoms. The molecule has 3 nitrogen and oxygen atoms in total. The van der Waals surface area contributed by atoms with Gasteiger partial charge in [0.15, 0.2) is 6.17 Å². The number of halogens is 16. The van der Waals surface area contributed by atoms with Crippen LogP contribution >= 0.6 is 0 Å². The highest BCUT2D eigenvalue weighted by atomic mass is 32.2. The van der Waals surface area contributed by atoms with E-state index < -0.39 is 83.0 Å². The Morgan fingerprint density at radius 3 is 1.34 bits per heavy atom. The van der Waals surface area contributed by atoms with E-state index in [1.165, 1.54) is 0 Å². The fraction of sp³-hybridized carbons (Fsp3) is 1.00. The maximum atomic E-state index is 13.4. The fourth-order valence-corrected chi connectivity index (χ4v) is 2.43. The van der Waals surface area contributed by atoms with Crippen molar-refractivity contribution >= 4 is 10.1 Å². The minimum absolute atomic E-state index is 1.24. The van der Waals surface area contributed by atoms with E-state index in [9.17, 15) is 78.7 Å². The summed E-state index contributed by atoms with van der Waals surface area (Å²) in [5.74, 6) is -39.8. The van der Waals surface area contributed by atoms with Crippen LogP contribution in [-0.2, 0) is 10.1 Å². The molecule has 0 saturated heterocycles. The monoisotopic (exact) mass is 538 g/mol. The van der Waals surface area contributed by atoms with Gasteiger partial charge >= 0.3 is 51.2 Å². The van der Waals surface area contributed by atoms with Crippen LogP contribution in [0.3, 0.4) is 0 Å². The minimum Gasteiger partial charge on any atom is -0.281 e. The van der Waals surface area contributed by atoms with Crippen LogP contribution in [0.4, 0.5) is 70.2 Å². The molecule has 0 saturated carbocycles. The molecule has 0 aromatic rings. The predicted octanol–water partition coefficient (Wildman–Crippen LogP) is 6.10. The number of alkyl halides is 16. The summed E-state index contributed by atoms with van der Waals surface area (Å²) in [6.45, 7) is 0. The van der Waals surface area contributed by atoms with E-state index in [4.69, 9.17) is 4.55 Å². The molecule has 0 aromatic carbocycles. The number of rotatable bonds is 11. The quantitative estimate of drug-likeness (QED) is 0.197. The topological polar surface area (TPSA) is 54.4 Å². The Morgan fingerprint density at radius 1 is 0.625 bits per heavy atom. The lowest BCUT2D eigenvalue weighted by Crippen LogP contribution is -2.72. The van der Waals surface area contributed by atoms with Gasteiger partial charge in [-0.05, 0) is 19.3 Å². The Bertz CT molecular complexity index is 757.